The van der Waals surface area contributed by atoms with Crippen LogP contribution in [0, 0.1) is 5.92 Å². The lowest BCUT2D eigenvalue weighted by molar-refractivity contribution is -0.127. The Morgan fingerprint density at radius 2 is 2.07 bits per heavy atom. The second-order valence-corrected chi connectivity index (χ2v) is 8.06. The lowest BCUT2D eigenvalue weighted by Crippen LogP contribution is -2.50. The van der Waals surface area contributed by atoms with Crippen molar-refractivity contribution < 1.29 is 9.21 Å². The van der Waals surface area contributed by atoms with Crippen molar-refractivity contribution in [1.29, 1.82) is 0 Å². The highest BCUT2D eigenvalue weighted by Gasteiger charge is 2.32. The maximum Gasteiger partial charge on any atom is 0.298 e. The van der Waals surface area contributed by atoms with Crippen molar-refractivity contribution in [3.05, 3.63) is 30.1 Å². The Hall–Kier alpha value is -3.01. The number of anilines is 1. The molecule has 0 saturated carbocycles. The average molecular weight is 410 g/mol. The zero-order valence-electron chi connectivity index (χ0n) is 16.8. The largest absolute Gasteiger partial charge is 0.423 e. The minimum atomic E-state index is 0.0146. The molecule has 10 nitrogen and oxygen atoms in total. The molecule has 0 unspecified atom stereocenters. The number of para-hydroxylation sites is 2. The minimum Gasteiger partial charge on any atom is -0.423 e. The fraction of sp³-hybridized carbons (Fsp3) is 0.550. The molecule has 0 bridgehead atoms. The number of benzene rings is 1. The number of nitrogens with zero attached hydrogens (tertiary/aromatic N) is 6. The van der Waals surface area contributed by atoms with Crippen molar-refractivity contribution in [3.8, 4) is 0 Å². The highest BCUT2D eigenvalue weighted by atomic mass is 16.4. The topological polar surface area (TPSA) is 116 Å². The van der Waals surface area contributed by atoms with Gasteiger partial charge in [0.25, 0.3) is 6.01 Å². The van der Waals surface area contributed by atoms with Gasteiger partial charge in [0.1, 0.15) is 5.52 Å². The summed E-state index contributed by atoms with van der Waals surface area (Å²) in [4.78, 5) is 21.9. The first-order chi connectivity index (χ1) is 14.8. The number of likely N-dealkylation sites (tertiary alicyclic amines) is 1. The van der Waals surface area contributed by atoms with Crippen LogP contribution in [0.2, 0.25) is 0 Å². The van der Waals surface area contributed by atoms with Crippen LogP contribution in [-0.2, 0) is 11.3 Å². The number of rotatable bonds is 5. The first kappa shape index (κ1) is 19.0. The summed E-state index contributed by atoms with van der Waals surface area (Å²) in [6.07, 6.45) is 4.08. The van der Waals surface area contributed by atoms with Gasteiger partial charge in [0.05, 0.1) is 12.5 Å². The highest BCUT2D eigenvalue weighted by Crippen LogP contribution is 2.28. The fourth-order valence-corrected chi connectivity index (χ4v) is 4.54. The molecule has 2 aliphatic heterocycles. The number of fused-ring (bicyclic) bond motifs is 1. The number of hydrogen-bond acceptors (Lipinski definition) is 8. The third-order valence-corrected chi connectivity index (χ3v) is 6.17. The molecule has 0 spiro atoms. The molecule has 0 aliphatic carbocycles. The van der Waals surface area contributed by atoms with Crippen LogP contribution in [0.25, 0.3) is 11.1 Å². The molecule has 2 aromatic heterocycles. The van der Waals surface area contributed by atoms with Gasteiger partial charge in [-0.05, 0) is 44.4 Å². The zero-order chi connectivity index (χ0) is 20.3. The van der Waals surface area contributed by atoms with Crippen LogP contribution in [0.5, 0.6) is 0 Å². The summed E-state index contributed by atoms with van der Waals surface area (Å²) >= 11 is 0. The summed E-state index contributed by atoms with van der Waals surface area (Å²) < 4.78 is 5.93. The summed E-state index contributed by atoms with van der Waals surface area (Å²) in [5.74, 6) is 0.594. The first-order valence-electron chi connectivity index (χ1n) is 10.6. The van der Waals surface area contributed by atoms with Gasteiger partial charge in [0, 0.05) is 25.7 Å². The third kappa shape index (κ3) is 4.00. The second kappa shape index (κ2) is 8.39. The predicted molar refractivity (Wildman–Crippen MR) is 110 cm³/mol. The summed E-state index contributed by atoms with van der Waals surface area (Å²) in [6, 6.07) is 9.09. The summed E-state index contributed by atoms with van der Waals surface area (Å²) in [5.41, 5.74) is 1.74. The number of carbonyl (C=O) groups is 1. The third-order valence-electron chi connectivity index (χ3n) is 6.17. The van der Waals surface area contributed by atoms with E-state index in [1.54, 1.807) is 0 Å². The van der Waals surface area contributed by atoms with Crippen molar-refractivity contribution in [2.75, 3.05) is 31.1 Å². The van der Waals surface area contributed by atoms with Crippen molar-refractivity contribution in [2.45, 2.75) is 38.3 Å². The van der Waals surface area contributed by atoms with E-state index in [1.807, 2.05) is 24.3 Å². The van der Waals surface area contributed by atoms with Crippen molar-refractivity contribution >= 4 is 23.0 Å². The highest BCUT2D eigenvalue weighted by molar-refractivity contribution is 5.78. The molecular weight excluding hydrogens is 384 g/mol. The van der Waals surface area contributed by atoms with E-state index in [-0.39, 0.29) is 11.8 Å². The zero-order valence-corrected chi connectivity index (χ0v) is 16.8. The van der Waals surface area contributed by atoms with Crippen molar-refractivity contribution in [2.24, 2.45) is 5.92 Å². The van der Waals surface area contributed by atoms with Crippen molar-refractivity contribution in [1.82, 2.24) is 35.8 Å². The minimum absolute atomic E-state index is 0.0146. The Morgan fingerprint density at radius 3 is 2.87 bits per heavy atom. The Labute approximate surface area is 174 Å². The smallest absolute Gasteiger partial charge is 0.298 e. The van der Waals surface area contributed by atoms with E-state index >= 15 is 0 Å². The van der Waals surface area contributed by atoms with Crippen LogP contribution in [0.4, 0.5) is 6.01 Å². The quantitative estimate of drug-likeness (QED) is 0.647. The van der Waals surface area contributed by atoms with E-state index in [4.69, 9.17) is 4.42 Å². The Balaban J connectivity index is 1.14. The van der Waals surface area contributed by atoms with Crippen LogP contribution >= 0.6 is 0 Å². The molecule has 2 saturated heterocycles. The molecule has 1 aromatic carbocycles. The molecule has 2 N–H and O–H groups in total. The first-order valence-corrected chi connectivity index (χ1v) is 10.6. The van der Waals surface area contributed by atoms with Gasteiger partial charge in [-0.25, -0.2) is 0 Å². The van der Waals surface area contributed by atoms with Gasteiger partial charge in [0.15, 0.2) is 11.4 Å². The second-order valence-electron chi connectivity index (χ2n) is 8.06. The normalized spacial score (nSPS) is 21.2. The predicted octanol–water partition coefficient (Wildman–Crippen LogP) is 1.34. The van der Waals surface area contributed by atoms with Gasteiger partial charge in [-0.3, -0.25) is 9.69 Å². The fourth-order valence-electron chi connectivity index (χ4n) is 4.54. The molecule has 30 heavy (non-hydrogen) atoms. The van der Waals surface area contributed by atoms with Crippen LogP contribution in [0.15, 0.2) is 28.7 Å². The molecule has 10 heteroatoms. The van der Waals surface area contributed by atoms with Crippen LogP contribution < -0.4 is 10.2 Å². The number of oxazole rings is 1. The Morgan fingerprint density at radius 1 is 1.20 bits per heavy atom. The van der Waals surface area contributed by atoms with Gasteiger partial charge in [-0.1, -0.05) is 17.3 Å². The molecule has 2 aliphatic rings. The van der Waals surface area contributed by atoms with Crippen molar-refractivity contribution in [3.63, 3.8) is 0 Å². The van der Waals surface area contributed by atoms with Gasteiger partial charge in [-0.15, -0.1) is 10.2 Å². The number of carbonyl (C=O) groups excluding carboxylic acids is 1. The standard InChI is InChI=1S/C20H26N8O2/c29-19(21-12-18-23-25-26-24-18)14-4-3-9-28(13-14)15-7-10-27(11-8-15)20-22-16-5-1-2-6-17(16)30-20/h1-2,5-6,14-15H,3-4,7-13H2,(H,21,29)(H,23,24,25,26)/t14-/m1/s1. The Bertz CT molecular complexity index is 947. The molecule has 0 radical (unpaired) electrons. The molecule has 4 heterocycles. The maximum absolute atomic E-state index is 12.6. The summed E-state index contributed by atoms with van der Waals surface area (Å²) in [6.45, 7) is 4.02. The molecule has 5 rings (SSSR count). The lowest BCUT2D eigenvalue weighted by Gasteiger charge is -2.41. The molecule has 2 fully saturated rings. The van der Waals surface area contributed by atoms with Gasteiger partial charge < -0.3 is 14.6 Å². The average Bonchev–Trinajstić information content (AvgIpc) is 3.47. The summed E-state index contributed by atoms with van der Waals surface area (Å²) in [5, 5.41) is 16.6. The van der Waals surface area contributed by atoms with Crippen LogP contribution in [-0.4, -0.2) is 68.6 Å². The number of aromatic amines is 1. The number of amides is 1. The van der Waals surface area contributed by atoms with E-state index < -0.39 is 0 Å². The van der Waals surface area contributed by atoms with Crippen LogP contribution in [0.1, 0.15) is 31.5 Å². The lowest BCUT2D eigenvalue weighted by atomic mass is 9.93. The number of aromatic nitrogens is 5. The van der Waals surface area contributed by atoms with E-state index in [2.05, 4.69) is 40.7 Å². The molecule has 1 atom stereocenters. The van der Waals surface area contributed by atoms with E-state index in [0.717, 1.165) is 63.0 Å². The monoisotopic (exact) mass is 410 g/mol. The van der Waals surface area contributed by atoms with Gasteiger partial charge >= 0.3 is 0 Å². The number of hydrogen-bond donors (Lipinski definition) is 2. The number of nitrogens with one attached hydrogen (secondary N) is 2. The number of piperidine rings is 2. The number of tetrazole rings is 1. The Kier molecular flexibility index (Phi) is 5.31. The van der Waals surface area contributed by atoms with E-state index in [0.29, 0.717) is 24.4 Å². The molecular formula is C20H26N8O2. The maximum atomic E-state index is 12.6. The van der Waals surface area contributed by atoms with E-state index in [1.165, 1.54) is 0 Å². The SMILES string of the molecule is O=C(NCc1nn[nH]n1)[C@@H]1CCCN(C2CCN(c3nc4ccccc4o3)CC2)C1. The van der Waals surface area contributed by atoms with E-state index in [9.17, 15) is 4.79 Å². The molecule has 3 aromatic rings. The summed E-state index contributed by atoms with van der Waals surface area (Å²) in [7, 11) is 0. The molecule has 1 amide bonds. The van der Waals surface area contributed by atoms with Gasteiger partial charge in [-0.2, -0.15) is 10.2 Å². The molecule has 158 valence electrons. The number of H-pyrrole nitrogens is 1. The van der Waals surface area contributed by atoms with Gasteiger partial charge in [0.2, 0.25) is 5.91 Å². The van der Waals surface area contributed by atoms with Crippen LogP contribution in [0.3, 0.4) is 0 Å².